The van der Waals surface area contributed by atoms with E-state index in [9.17, 15) is 24.9 Å². The summed E-state index contributed by atoms with van der Waals surface area (Å²) in [5, 5.41) is 28.0. The van der Waals surface area contributed by atoms with Gasteiger partial charge in [-0.2, -0.15) is 0 Å². The number of aliphatic hydroxyl groups is 3. The summed E-state index contributed by atoms with van der Waals surface area (Å²) in [6, 6.07) is -0.820. The number of esters is 1. The molecule has 2 heterocycles. The number of piperidine rings is 1. The van der Waals surface area contributed by atoms with Crippen molar-refractivity contribution in [2.75, 3.05) is 12.9 Å². The molecular weight excluding hydrogens is 250 g/mol. The van der Waals surface area contributed by atoms with Gasteiger partial charge >= 0.3 is 5.97 Å². The molecule has 17 heavy (non-hydrogen) atoms. The molecule has 0 unspecified atom stereocenters. The third-order valence-electron chi connectivity index (χ3n) is 2.98. The highest BCUT2D eigenvalue weighted by atomic mass is 32.2. The SMILES string of the molecule is COC(=O)[C@@H]1CS[C@H]2[C@@H](O)[C@@H](O)[C@@H](O)C(=O)N12. The Balaban J connectivity index is 2.27. The summed E-state index contributed by atoms with van der Waals surface area (Å²) in [7, 11) is 1.20. The number of hydrogen-bond donors (Lipinski definition) is 3. The van der Waals surface area contributed by atoms with Crippen LogP contribution in [-0.4, -0.2) is 74.7 Å². The van der Waals surface area contributed by atoms with E-state index in [-0.39, 0.29) is 5.75 Å². The van der Waals surface area contributed by atoms with E-state index in [0.717, 1.165) is 4.90 Å². The molecule has 2 saturated heterocycles. The van der Waals surface area contributed by atoms with Gasteiger partial charge in [-0.25, -0.2) is 4.79 Å². The molecule has 7 nitrogen and oxygen atoms in total. The molecule has 0 bridgehead atoms. The molecule has 0 aromatic carbocycles. The number of ether oxygens (including phenoxy) is 1. The Hall–Kier alpha value is -0.830. The van der Waals surface area contributed by atoms with Gasteiger partial charge in [-0.15, -0.1) is 11.8 Å². The zero-order valence-corrected chi connectivity index (χ0v) is 9.83. The van der Waals surface area contributed by atoms with Crippen LogP contribution in [0.5, 0.6) is 0 Å². The fourth-order valence-electron chi connectivity index (χ4n) is 2.04. The largest absolute Gasteiger partial charge is 0.467 e. The predicted molar refractivity (Wildman–Crippen MR) is 56.9 cm³/mol. The third kappa shape index (κ3) is 1.81. The fourth-order valence-corrected chi connectivity index (χ4v) is 3.49. The first kappa shape index (κ1) is 12.6. The minimum atomic E-state index is -1.70. The van der Waals surface area contributed by atoms with Crippen LogP contribution in [0, 0.1) is 0 Å². The summed E-state index contributed by atoms with van der Waals surface area (Å²) in [4.78, 5) is 24.3. The zero-order valence-electron chi connectivity index (χ0n) is 9.02. The number of carbonyl (C=O) groups is 2. The Morgan fingerprint density at radius 3 is 2.65 bits per heavy atom. The van der Waals surface area contributed by atoms with Crippen molar-refractivity contribution >= 4 is 23.6 Å². The summed E-state index contributed by atoms with van der Waals surface area (Å²) in [6.07, 6.45) is -4.50. The molecule has 5 atom stereocenters. The van der Waals surface area contributed by atoms with E-state index >= 15 is 0 Å². The molecule has 3 N–H and O–H groups in total. The third-order valence-corrected chi connectivity index (χ3v) is 4.34. The quantitative estimate of drug-likeness (QED) is 0.450. The minimum Gasteiger partial charge on any atom is -0.467 e. The highest BCUT2D eigenvalue weighted by Gasteiger charge is 2.54. The Morgan fingerprint density at radius 1 is 1.41 bits per heavy atom. The van der Waals surface area contributed by atoms with Gasteiger partial charge in [0, 0.05) is 5.75 Å². The molecule has 96 valence electrons. The van der Waals surface area contributed by atoms with E-state index in [1.165, 1.54) is 18.9 Å². The number of aliphatic hydroxyl groups excluding tert-OH is 3. The number of nitrogens with zero attached hydrogens (tertiary/aromatic N) is 1. The van der Waals surface area contributed by atoms with Crippen LogP contribution >= 0.6 is 11.8 Å². The van der Waals surface area contributed by atoms with Gasteiger partial charge in [0.1, 0.15) is 23.6 Å². The molecular formula is C9H13NO6S. The maximum absolute atomic E-state index is 11.8. The van der Waals surface area contributed by atoms with Crippen molar-refractivity contribution in [2.24, 2.45) is 0 Å². The summed E-state index contributed by atoms with van der Waals surface area (Å²) in [5.74, 6) is -1.07. The molecule has 8 heteroatoms. The van der Waals surface area contributed by atoms with Gasteiger partial charge in [-0.05, 0) is 0 Å². The van der Waals surface area contributed by atoms with Crippen LogP contribution in [0.2, 0.25) is 0 Å². The van der Waals surface area contributed by atoms with Gasteiger partial charge in [-0.1, -0.05) is 0 Å². The fraction of sp³-hybridized carbons (Fsp3) is 0.778. The number of carbonyl (C=O) groups excluding carboxylic acids is 2. The topological polar surface area (TPSA) is 107 Å². The van der Waals surface area contributed by atoms with Crippen molar-refractivity contribution in [1.82, 2.24) is 4.90 Å². The second-order valence-corrected chi connectivity index (χ2v) is 5.08. The lowest BCUT2D eigenvalue weighted by Crippen LogP contribution is -2.64. The number of hydrogen-bond acceptors (Lipinski definition) is 7. The van der Waals surface area contributed by atoms with Crippen LogP contribution in [0.15, 0.2) is 0 Å². The zero-order chi connectivity index (χ0) is 12.7. The van der Waals surface area contributed by atoms with Crippen LogP contribution in [-0.2, 0) is 14.3 Å². The number of rotatable bonds is 1. The average Bonchev–Trinajstić information content (AvgIpc) is 2.77. The Kier molecular flexibility index (Phi) is 3.30. The van der Waals surface area contributed by atoms with E-state index in [4.69, 9.17) is 0 Å². The highest BCUT2D eigenvalue weighted by molar-refractivity contribution is 8.00. The molecule has 0 aromatic rings. The normalized spacial score (nSPS) is 41.3. The minimum absolute atomic E-state index is 0.277. The van der Waals surface area contributed by atoms with E-state index in [1.807, 2.05) is 0 Å². The Labute approximate surface area is 101 Å². The number of thioether (sulfide) groups is 1. The first-order valence-electron chi connectivity index (χ1n) is 5.05. The van der Waals surface area contributed by atoms with Gasteiger partial charge in [0.15, 0.2) is 6.10 Å². The van der Waals surface area contributed by atoms with Crippen molar-refractivity contribution in [1.29, 1.82) is 0 Å². The summed E-state index contributed by atoms with van der Waals surface area (Å²) < 4.78 is 4.56. The van der Waals surface area contributed by atoms with Crippen molar-refractivity contribution in [2.45, 2.75) is 29.7 Å². The van der Waals surface area contributed by atoms with Crippen LogP contribution in [0.4, 0.5) is 0 Å². The number of fused-ring (bicyclic) bond motifs is 1. The summed E-state index contributed by atoms with van der Waals surface area (Å²) >= 11 is 1.18. The second kappa shape index (κ2) is 4.45. The predicted octanol–water partition coefficient (Wildman–Crippen LogP) is -2.47. The molecule has 2 aliphatic heterocycles. The number of methoxy groups -OCH3 is 1. The van der Waals surface area contributed by atoms with Gasteiger partial charge in [0.25, 0.3) is 5.91 Å². The van der Waals surface area contributed by atoms with Crippen molar-refractivity contribution in [3.05, 3.63) is 0 Å². The van der Waals surface area contributed by atoms with Crippen LogP contribution in [0.3, 0.4) is 0 Å². The molecule has 2 rings (SSSR count). The monoisotopic (exact) mass is 263 g/mol. The Morgan fingerprint density at radius 2 is 2.06 bits per heavy atom. The molecule has 0 radical (unpaired) electrons. The maximum atomic E-state index is 11.8. The van der Waals surface area contributed by atoms with Gasteiger partial charge in [-0.3, -0.25) is 4.79 Å². The van der Waals surface area contributed by atoms with E-state index in [2.05, 4.69) is 4.74 Å². The van der Waals surface area contributed by atoms with E-state index < -0.39 is 41.6 Å². The lowest BCUT2D eigenvalue weighted by atomic mass is 9.99. The first-order chi connectivity index (χ1) is 7.99. The van der Waals surface area contributed by atoms with E-state index in [1.54, 1.807) is 0 Å². The number of amides is 1. The van der Waals surface area contributed by atoms with Gasteiger partial charge < -0.3 is 25.0 Å². The van der Waals surface area contributed by atoms with Gasteiger partial charge in [0.2, 0.25) is 0 Å². The standard InChI is InChI=1S/C9H13NO6S/c1-16-9(15)3-2-17-8-6(13)4(11)5(12)7(14)10(3)8/h3-6,8,11-13H,2H2,1H3/t3-,4-,5+,6-,8-/m0/s1. The van der Waals surface area contributed by atoms with Crippen molar-refractivity contribution in [3.63, 3.8) is 0 Å². The summed E-state index contributed by atoms with van der Waals surface area (Å²) in [5.41, 5.74) is 0. The smallest absolute Gasteiger partial charge is 0.329 e. The van der Waals surface area contributed by atoms with Crippen LogP contribution in [0.1, 0.15) is 0 Å². The van der Waals surface area contributed by atoms with E-state index in [0.29, 0.717) is 0 Å². The molecule has 0 saturated carbocycles. The molecule has 2 aliphatic rings. The highest BCUT2D eigenvalue weighted by Crippen LogP contribution is 2.37. The molecule has 2 fully saturated rings. The Bertz CT molecular complexity index is 350. The van der Waals surface area contributed by atoms with Crippen molar-refractivity contribution in [3.8, 4) is 0 Å². The summed E-state index contributed by atoms with van der Waals surface area (Å²) in [6.45, 7) is 0. The lowest BCUT2D eigenvalue weighted by molar-refractivity contribution is -0.175. The molecule has 0 spiro atoms. The molecule has 1 amide bonds. The van der Waals surface area contributed by atoms with Crippen LogP contribution < -0.4 is 0 Å². The maximum Gasteiger partial charge on any atom is 0.329 e. The molecule has 0 aromatic heterocycles. The molecule has 0 aliphatic carbocycles. The van der Waals surface area contributed by atoms with Gasteiger partial charge in [0.05, 0.1) is 7.11 Å². The lowest BCUT2D eigenvalue weighted by Gasteiger charge is -2.40. The van der Waals surface area contributed by atoms with Crippen molar-refractivity contribution < 1.29 is 29.6 Å². The van der Waals surface area contributed by atoms with Crippen LogP contribution in [0.25, 0.3) is 0 Å². The second-order valence-electron chi connectivity index (χ2n) is 3.93. The first-order valence-corrected chi connectivity index (χ1v) is 6.09. The average molecular weight is 263 g/mol.